The first kappa shape index (κ1) is 12.3. The monoisotopic (exact) mass is 280 g/mol. The van der Waals surface area contributed by atoms with E-state index < -0.39 is 0 Å². The highest BCUT2D eigenvalue weighted by Crippen LogP contribution is 2.23. The van der Waals surface area contributed by atoms with Crippen molar-refractivity contribution in [2.24, 2.45) is 0 Å². The van der Waals surface area contributed by atoms with Crippen LogP contribution >= 0.6 is 0 Å². The molecule has 4 heterocycles. The number of aromatic nitrogens is 4. The van der Waals surface area contributed by atoms with Crippen LogP contribution in [0.1, 0.15) is 0 Å². The van der Waals surface area contributed by atoms with E-state index in [4.69, 9.17) is 0 Å². The standard InChI is InChI=1S/C15H16N6/c1-2-14(21-5-3-16-4-6-21)18-9-11(1)13-7-12-8-17-10-19-15(12)20-13/h1-2,7-10,16H,3-6H2,(H,17,19,20). The number of rotatable bonds is 2. The zero-order chi connectivity index (χ0) is 14.1. The smallest absolute Gasteiger partial charge is 0.141 e. The van der Waals surface area contributed by atoms with Crippen molar-refractivity contribution in [3.05, 3.63) is 36.9 Å². The van der Waals surface area contributed by atoms with E-state index in [1.165, 1.54) is 0 Å². The van der Waals surface area contributed by atoms with Gasteiger partial charge in [0.2, 0.25) is 0 Å². The summed E-state index contributed by atoms with van der Waals surface area (Å²) in [7, 11) is 0. The van der Waals surface area contributed by atoms with Crippen LogP contribution in [-0.4, -0.2) is 46.1 Å². The number of anilines is 1. The highest BCUT2D eigenvalue weighted by atomic mass is 15.2. The van der Waals surface area contributed by atoms with Crippen molar-refractivity contribution in [2.75, 3.05) is 31.1 Å². The van der Waals surface area contributed by atoms with E-state index in [9.17, 15) is 0 Å². The molecule has 0 spiro atoms. The van der Waals surface area contributed by atoms with Crippen LogP contribution in [-0.2, 0) is 0 Å². The molecule has 1 saturated heterocycles. The quantitative estimate of drug-likeness (QED) is 0.743. The van der Waals surface area contributed by atoms with E-state index in [2.05, 4.69) is 48.4 Å². The number of nitrogens with one attached hydrogen (secondary N) is 2. The van der Waals surface area contributed by atoms with Crippen molar-refractivity contribution >= 4 is 16.9 Å². The molecule has 1 aliphatic rings. The summed E-state index contributed by atoms with van der Waals surface area (Å²) in [5.41, 5.74) is 2.93. The van der Waals surface area contributed by atoms with Crippen molar-refractivity contribution in [3.63, 3.8) is 0 Å². The van der Waals surface area contributed by atoms with Gasteiger partial charge < -0.3 is 15.2 Å². The third kappa shape index (κ3) is 2.34. The van der Waals surface area contributed by atoms with E-state index in [0.29, 0.717) is 0 Å². The van der Waals surface area contributed by atoms with Gasteiger partial charge in [-0.25, -0.2) is 15.0 Å². The fraction of sp³-hybridized carbons (Fsp3) is 0.267. The van der Waals surface area contributed by atoms with E-state index in [1.54, 1.807) is 6.33 Å². The minimum atomic E-state index is 0.853. The molecule has 0 bridgehead atoms. The van der Waals surface area contributed by atoms with Crippen LogP contribution < -0.4 is 10.2 Å². The van der Waals surface area contributed by atoms with Gasteiger partial charge in [-0.05, 0) is 18.2 Å². The molecule has 0 aliphatic carbocycles. The maximum absolute atomic E-state index is 4.59. The summed E-state index contributed by atoms with van der Waals surface area (Å²) < 4.78 is 0. The summed E-state index contributed by atoms with van der Waals surface area (Å²) in [6.45, 7) is 4.05. The first-order valence-corrected chi connectivity index (χ1v) is 7.11. The van der Waals surface area contributed by atoms with Gasteiger partial charge in [0.1, 0.15) is 17.8 Å². The van der Waals surface area contributed by atoms with Crippen LogP contribution in [0.5, 0.6) is 0 Å². The highest BCUT2D eigenvalue weighted by Gasteiger charge is 2.12. The van der Waals surface area contributed by atoms with Crippen LogP contribution in [0.4, 0.5) is 5.82 Å². The van der Waals surface area contributed by atoms with Gasteiger partial charge in [-0.2, -0.15) is 0 Å². The fourth-order valence-corrected chi connectivity index (χ4v) is 2.65. The lowest BCUT2D eigenvalue weighted by Gasteiger charge is -2.28. The predicted octanol–water partition coefficient (Wildman–Crippen LogP) is 1.43. The Kier molecular flexibility index (Phi) is 3.01. The molecule has 0 unspecified atom stereocenters. The Bertz CT molecular complexity index is 709. The lowest BCUT2D eigenvalue weighted by molar-refractivity contribution is 0.585. The average molecular weight is 280 g/mol. The normalized spacial score (nSPS) is 15.5. The molecule has 21 heavy (non-hydrogen) atoms. The molecule has 3 aromatic rings. The van der Waals surface area contributed by atoms with Gasteiger partial charge in [0.25, 0.3) is 0 Å². The fourth-order valence-electron chi connectivity index (χ4n) is 2.65. The molecule has 0 amide bonds. The lowest BCUT2D eigenvalue weighted by Crippen LogP contribution is -2.43. The van der Waals surface area contributed by atoms with Crippen LogP contribution in [0.2, 0.25) is 0 Å². The van der Waals surface area contributed by atoms with Crippen molar-refractivity contribution < 1.29 is 0 Å². The second-order valence-corrected chi connectivity index (χ2v) is 5.15. The third-order valence-electron chi connectivity index (χ3n) is 3.79. The molecule has 0 saturated carbocycles. The molecule has 0 atom stereocenters. The van der Waals surface area contributed by atoms with Crippen molar-refractivity contribution in [1.29, 1.82) is 0 Å². The highest BCUT2D eigenvalue weighted by molar-refractivity contribution is 5.82. The molecule has 106 valence electrons. The number of H-pyrrole nitrogens is 1. The number of hydrogen-bond acceptors (Lipinski definition) is 5. The van der Waals surface area contributed by atoms with Crippen molar-refractivity contribution in [1.82, 2.24) is 25.3 Å². The van der Waals surface area contributed by atoms with Crippen LogP contribution in [0.25, 0.3) is 22.3 Å². The number of pyridine rings is 1. The molecule has 2 N–H and O–H groups in total. The first-order chi connectivity index (χ1) is 10.4. The Morgan fingerprint density at radius 3 is 2.71 bits per heavy atom. The maximum Gasteiger partial charge on any atom is 0.141 e. The SMILES string of the molecule is c1ncc2cc(-c3ccc(N4CCNCC4)nc3)[nH]c2n1. The van der Waals surface area contributed by atoms with E-state index in [-0.39, 0.29) is 0 Å². The molecule has 0 aromatic carbocycles. The Hall–Kier alpha value is -2.47. The summed E-state index contributed by atoms with van der Waals surface area (Å²) in [5.74, 6) is 1.04. The molecule has 4 rings (SSSR count). The van der Waals surface area contributed by atoms with Gasteiger partial charge >= 0.3 is 0 Å². The number of aromatic amines is 1. The Balaban J connectivity index is 1.63. The second kappa shape index (κ2) is 5.14. The minimum absolute atomic E-state index is 0.853. The van der Waals surface area contributed by atoms with Crippen molar-refractivity contribution in [3.8, 4) is 11.3 Å². The third-order valence-corrected chi connectivity index (χ3v) is 3.79. The van der Waals surface area contributed by atoms with Gasteiger partial charge in [-0.3, -0.25) is 0 Å². The summed E-state index contributed by atoms with van der Waals surface area (Å²) in [6.07, 6.45) is 5.27. The number of nitrogens with zero attached hydrogens (tertiary/aromatic N) is 4. The van der Waals surface area contributed by atoms with Gasteiger partial charge in [-0.15, -0.1) is 0 Å². The molecule has 0 radical (unpaired) electrons. The lowest BCUT2D eigenvalue weighted by atomic mass is 10.2. The van der Waals surface area contributed by atoms with Crippen LogP contribution in [0.15, 0.2) is 36.9 Å². The first-order valence-electron chi connectivity index (χ1n) is 7.11. The second-order valence-electron chi connectivity index (χ2n) is 5.15. The number of hydrogen-bond donors (Lipinski definition) is 2. The summed E-state index contributed by atoms with van der Waals surface area (Å²) >= 11 is 0. The Morgan fingerprint density at radius 1 is 1.05 bits per heavy atom. The zero-order valence-corrected chi connectivity index (χ0v) is 11.6. The van der Waals surface area contributed by atoms with E-state index in [0.717, 1.165) is 54.3 Å². The topological polar surface area (TPSA) is 69.7 Å². The Morgan fingerprint density at radius 2 is 1.95 bits per heavy atom. The maximum atomic E-state index is 4.59. The number of fused-ring (bicyclic) bond motifs is 1. The largest absolute Gasteiger partial charge is 0.354 e. The van der Waals surface area contributed by atoms with E-state index in [1.807, 2.05) is 12.4 Å². The van der Waals surface area contributed by atoms with E-state index >= 15 is 0 Å². The molecule has 1 fully saturated rings. The summed E-state index contributed by atoms with van der Waals surface area (Å²) in [5, 5.41) is 4.36. The number of piperazine rings is 1. The van der Waals surface area contributed by atoms with Gasteiger partial charge in [0.05, 0.1) is 0 Å². The van der Waals surface area contributed by atoms with Crippen molar-refractivity contribution in [2.45, 2.75) is 0 Å². The average Bonchev–Trinajstić information content (AvgIpc) is 3.00. The molecule has 3 aromatic heterocycles. The zero-order valence-electron chi connectivity index (χ0n) is 11.6. The van der Waals surface area contributed by atoms with Gasteiger partial charge in [-0.1, -0.05) is 0 Å². The van der Waals surface area contributed by atoms with Crippen LogP contribution in [0, 0.1) is 0 Å². The molecular weight excluding hydrogens is 264 g/mol. The summed E-state index contributed by atoms with van der Waals surface area (Å²) in [6, 6.07) is 6.23. The summed E-state index contributed by atoms with van der Waals surface area (Å²) in [4.78, 5) is 18.4. The Labute approximate surface area is 122 Å². The minimum Gasteiger partial charge on any atom is -0.354 e. The van der Waals surface area contributed by atoms with Gasteiger partial charge in [0.15, 0.2) is 0 Å². The molecule has 6 heteroatoms. The predicted molar refractivity (Wildman–Crippen MR) is 82.2 cm³/mol. The molecular formula is C15H16N6. The molecule has 1 aliphatic heterocycles. The van der Waals surface area contributed by atoms with Gasteiger partial charge in [0, 0.05) is 55.2 Å². The molecule has 6 nitrogen and oxygen atoms in total. The van der Waals surface area contributed by atoms with Crippen LogP contribution in [0.3, 0.4) is 0 Å².